The van der Waals surface area contributed by atoms with E-state index in [-0.39, 0.29) is 5.78 Å². The molecule has 0 spiro atoms. The van der Waals surface area contributed by atoms with Crippen LogP contribution in [0, 0.1) is 13.8 Å². The fourth-order valence-electron chi connectivity index (χ4n) is 1.80. The molecule has 0 radical (unpaired) electrons. The van der Waals surface area contributed by atoms with Crippen LogP contribution in [0.3, 0.4) is 0 Å². The number of benzene rings is 1. The first-order valence-electron chi connectivity index (χ1n) is 6.28. The summed E-state index contributed by atoms with van der Waals surface area (Å²) >= 11 is 3.50. The third-order valence-corrected chi connectivity index (χ3v) is 3.44. The maximum Gasteiger partial charge on any atom is 0.222 e. The molecular weight excluding hydrogens is 318 g/mol. The molecule has 1 aromatic heterocycles. The summed E-state index contributed by atoms with van der Waals surface area (Å²) in [6, 6.07) is 9.47. The number of ketones is 1. The first-order valence-corrected chi connectivity index (χ1v) is 7.07. The van der Waals surface area contributed by atoms with Gasteiger partial charge in [-0.25, -0.2) is 0 Å². The van der Waals surface area contributed by atoms with Crippen molar-refractivity contribution in [3.8, 4) is 0 Å². The standard InChI is InChI=1S/C16H16BrNO2/c1-10-4-6-14(13(17)8-10)18-11(2)9-15(19)16-7-5-12(3)20-16/h4-9,18H,1-3H3/b11-9+. The Hall–Kier alpha value is -1.81. The van der Waals surface area contributed by atoms with Crippen LogP contribution in [0.1, 0.15) is 28.8 Å². The van der Waals surface area contributed by atoms with Crippen molar-refractivity contribution in [3.05, 3.63) is 63.7 Å². The van der Waals surface area contributed by atoms with Gasteiger partial charge in [0.1, 0.15) is 5.76 Å². The van der Waals surface area contributed by atoms with Crippen molar-refractivity contribution in [1.82, 2.24) is 0 Å². The minimum atomic E-state index is -0.147. The summed E-state index contributed by atoms with van der Waals surface area (Å²) in [5.41, 5.74) is 2.85. The third kappa shape index (κ3) is 3.61. The lowest BCUT2D eigenvalue weighted by Gasteiger charge is -2.09. The molecule has 3 nitrogen and oxygen atoms in total. The average Bonchev–Trinajstić information content (AvgIpc) is 2.79. The van der Waals surface area contributed by atoms with Gasteiger partial charge in [-0.1, -0.05) is 6.07 Å². The number of furan rings is 1. The molecule has 4 heteroatoms. The van der Waals surface area contributed by atoms with Crippen molar-refractivity contribution < 1.29 is 9.21 Å². The quantitative estimate of drug-likeness (QED) is 0.641. The summed E-state index contributed by atoms with van der Waals surface area (Å²) in [7, 11) is 0. The molecule has 2 rings (SSSR count). The molecule has 2 aromatic rings. The Labute approximate surface area is 126 Å². The van der Waals surface area contributed by atoms with Crippen LogP contribution >= 0.6 is 15.9 Å². The van der Waals surface area contributed by atoms with Gasteiger partial charge in [0.2, 0.25) is 5.78 Å². The molecule has 1 N–H and O–H groups in total. The highest BCUT2D eigenvalue weighted by Crippen LogP contribution is 2.24. The number of hydrogen-bond donors (Lipinski definition) is 1. The van der Waals surface area contributed by atoms with Crippen molar-refractivity contribution in [2.24, 2.45) is 0 Å². The average molecular weight is 334 g/mol. The van der Waals surface area contributed by atoms with Gasteiger partial charge in [-0.15, -0.1) is 0 Å². The molecular formula is C16H16BrNO2. The van der Waals surface area contributed by atoms with E-state index in [1.807, 2.05) is 39.0 Å². The fourth-order valence-corrected chi connectivity index (χ4v) is 2.40. The Balaban J connectivity index is 2.13. The predicted octanol–water partition coefficient (Wildman–Crippen LogP) is 4.86. The molecule has 0 fully saturated rings. The van der Waals surface area contributed by atoms with E-state index in [1.54, 1.807) is 12.1 Å². The van der Waals surface area contributed by atoms with Gasteiger partial charge in [0.25, 0.3) is 0 Å². The Morgan fingerprint density at radius 2 is 2.00 bits per heavy atom. The van der Waals surface area contributed by atoms with Gasteiger partial charge in [0.15, 0.2) is 5.76 Å². The zero-order valence-corrected chi connectivity index (χ0v) is 13.2. The number of rotatable bonds is 4. The molecule has 1 heterocycles. The lowest BCUT2D eigenvalue weighted by molar-refractivity contribution is 0.102. The molecule has 0 atom stereocenters. The summed E-state index contributed by atoms with van der Waals surface area (Å²) in [5, 5.41) is 3.20. The van der Waals surface area contributed by atoms with Crippen LogP contribution in [-0.4, -0.2) is 5.78 Å². The van der Waals surface area contributed by atoms with E-state index in [1.165, 1.54) is 11.6 Å². The summed E-state index contributed by atoms with van der Waals surface area (Å²) in [4.78, 5) is 12.0. The van der Waals surface area contributed by atoms with E-state index >= 15 is 0 Å². The highest BCUT2D eigenvalue weighted by molar-refractivity contribution is 9.10. The van der Waals surface area contributed by atoms with Gasteiger partial charge in [-0.3, -0.25) is 4.79 Å². The minimum Gasteiger partial charge on any atom is -0.458 e. The lowest BCUT2D eigenvalue weighted by Crippen LogP contribution is -2.01. The molecule has 0 aliphatic heterocycles. The van der Waals surface area contributed by atoms with Crippen LogP contribution in [0.4, 0.5) is 5.69 Å². The maximum atomic E-state index is 12.0. The van der Waals surface area contributed by atoms with Crippen molar-refractivity contribution >= 4 is 27.4 Å². The number of carbonyl (C=O) groups excluding carboxylic acids is 1. The molecule has 0 saturated carbocycles. The van der Waals surface area contributed by atoms with Gasteiger partial charge in [-0.05, 0) is 66.5 Å². The Morgan fingerprint density at radius 3 is 2.60 bits per heavy atom. The van der Waals surface area contributed by atoms with Crippen molar-refractivity contribution in [2.45, 2.75) is 20.8 Å². The van der Waals surface area contributed by atoms with E-state index in [0.29, 0.717) is 5.76 Å². The van der Waals surface area contributed by atoms with Crippen molar-refractivity contribution in [2.75, 3.05) is 5.32 Å². The van der Waals surface area contributed by atoms with Gasteiger partial charge in [-0.2, -0.15) is 0 Å². The third-order valence-electron chi connectivity index (χ3n) is 2.79. The number of carbonyl (C=O) groups is 1. The van der Waals surface area contributed by atoms with Crippen LogP contribution in [0.2, 0.25) is 0 Å². The van der Waals surface area contributed by atoms with Gasteiger partial charge in [0.05, 0.1) is 5.69 Å². The molecule has 0 aliphatic carbocycles. The topological polar surface area (TPSA) is 42.2 Å². The van der Waals surface area contributed by atoms with Crippen LogP contribution in [0.15, 0.2) is 51.0 Å². The van der Waals surface area contributed by atoms with Crippen molar-refractivity contribution in [3.63, 3.8) is 0 Å². The van der Waals surface area contributed by atoms with E-state index in [0.717, 1.165) is 21.6 Å². The number of nitrogens with one attached hydrogen (secondary N) is 1. The number of aryl methyl sites for hydroxylation is 2. The van der Waals surface area contributed by atoms with Crippen LogP contribution in [-0.2, 0) is 0 Å². The maximum absolute atomic E-state index is 12.0. The number of anilines is 1. The molecule has 0 saturated heterocycles. The van der Waals surface area contributed by atoms with Gasteiger partial charge in [0, 0.05) is 16.2 Å². The van der Waals surface area contributed by atoms with Crippen LogP contribution in [0.25, 0.3) is 0 Å². The molecule has 0 bridgehead atoms. The zero-order valence-electron chi connectivity index (χ0n) is 11.7. The summed E-state index contributed by atoms with van der Waals surface area (Å²) in [5.74, 6) is 0.937. The fraction of sp³-hybridized carbons (Fsp3) is 0.188. The van der Waals surface area contributed by atoms with E-state index < -0.39 is 0 Å². The molecule has 0 amide bonds. The highest BCUT2D eigenvalue weighted by Gasteiger charge is 2.08. The second-order valence-corrected chi connectivity index (χ2v) is 5.56. The van der Waals surface area contributed by atoms with Crippen LogP contribution < -0.4 is 5.32 Å². The SMILES string of the molecule is C/C(=C\C(=O)c1ccc(C)o1)Nc1ccc(C)cc1Br. The van der Waals surface area contributed by atoms with E-state index in [9.17, 15) is 4.79 Å². The summed E-state index contributed by atoms with van der Waals surface area (Å²) in [6.45, 7) is 5.69. The molecule has 20 heavy (non-hydrogen) atoms. The first kappa shape index (κ1) is 14.6. The minimum absolute atomic E-state index is 0.147. The van der Waals surface area contributed by atoms with Gasteiger partial charge < -0.3 is 9.73 Å². The smallest absolute Gasteiger partial charge is 0.222 e. The summed E-state index contributed by atoms with van der Waals surface area (Å²) in [6.07, 6.45) is 1.53. The Kier molecular flexibility index (Phi) is 4.45. The largest absolute Gasteiger partial charge is 0.458 e. The number of allylic oxidation sites excluding steroid dienone is 2. The molecule has 1 aromatic carbocycles. The highest BCUT2D eigenvalue weighted by atomic mass is 79.9. The number of halogens is 1. The lowest BCUT2D eigenvalue weighted by atomic mass is 10.2. The normalized spacial score (nSPS) is 11.5. The molecule has 0 aliphatic rings. The molecule has 0 unspecified atom stereocenters. The summed E-state index contributed by atoms with van der Waals surface area (Å²) < 4.78 is 6.27. The van der Waals surface area contributed by atoms with Crippen molar-refractivity contribution in [1.29, 1.82) is 0 Å². The molecule has 104 valence electrons. The van der Waals surface area contributed by atoms with Gasteiger partial charge >= 0.3 is 0 Å². The van der Waals surface area contributed by atoms with E-state index in [4.69, 9.17) is 4.42 Å². The second-order valence-electron chi connectivity index (χ2n) is 4.71. The van der Waals surface area contributed by atoms with E-state index in [2.05, 4.69) is 21.2 Å². The monoisotopic (exact) mass is 333 g/mol. The predicted molar refractivity (Wildman–Crippen MR) is 84.0 cm³/mol. The first-order chi connectivity index (χ1) is 9.45. The Bertz CT molecular complexity index is 671. The number of hydrogen-bond acceptors (Lipinski definition) is 3. The zero-order chi connectivity index (χ0) is 14.7. The Morgan fingerprint density at radius 1 is 1.25 bits per heavy atom. The van der Waals surface area contributed by atoms with Crippen LogP contribution in [0.5, 0.6) is 0 Å². The second kappa shape index (κ2) is 6.09.